The lowest BCUT2D eigenvalue weighted by atomic mass is 10.3. The average Bonchev–Trinajstić information content (AvgIpc) is 2.04. The molecule has 0 saturated carbocycles. The second kappa shape index (κ2) is 2.60. The number of rotatable bonds is 0. The number of halogens is 1. The van der Waals surface area contributed by atoms with Crippen molar-refractivity contribution in [1.82, 2.24) is 9.97 Å². The summed E-state index contributed by atoms with van der Waals surface area (Å²) in [7, 11) is 0. The van der Waals surface area contributed by atoms with E-state index in [-0.39, 0.29) is 5.56 Å². The number of hydrogen-bond acceptors (Lipinski definition) is 2. The number of nitrogens with zero attached hydrogens (tertiary/aromatic N) is 1. The summed E-state index contributed by atoms with van der Waals surface area (Å²) in [6.45, 7) is 0. The fourth-order valence-electron chi connectivity index (χ4n) is 1.06. The van der Waals surface area contributed by atoms with Crippen molar-refractivity contribution in [2.75, 3.05) is 0 Å². The second-order valence-corrected chi connectivity index (χ2v) is 2.81. The zero-order valence-electron chi connectivity index (χ0n) is 6.04. The predicted molar refractivity (Wildman–Crippen MR) is 47.4 cm³/mol. The standard InChI is InChI=1S/C8H5ClN2O/c9-6-3-8(12)11-7-1-2-10-4-5(6)7/h1-4H,(H,11,12). The van der Waals surface area contributed by atoms with Crippen LogP contribution in [0, 0.1) is 0 Å². The van der Waals surface area contributed by atoms with E-state index >= 15 is 0 Å². The Bertz CT molecular complexity index is 478. The molecule has 0 atom stereocenters. The van der Waals surface area contributed by atoms with E-state index in [1.807, 2.05) is 0 Å². The van der Waals surface area contributed by atoms with Gasteiger partial charge >= 0.3 is 0 Å². The lowest BCUT2D eigenvalue weighted by Crippen LogP contribution is -2.03. The van der Waals surface area contributed by atoms with Crippen molar-refractivity contribution in [1.29, 1.82) is 0 Å². The highest BCUT2D eigenvalue weighted by Crippen LogP contribution is 2.17. The van der Waals surface area contributed by atoms with Crippen molar-refractivity contribution in [3.05, 3.63) is 39.9 Å². The van der Waals surface area contributed by atoms with Crippen LogP contribution < -0.4 is 5.56 Å². The van der Waals surface area contributed by atoms with Crippen LogP contribution in [0.25, 0.3) is 10.9 Å². The van der Waals surface area contributed by atoms with Gasteiger partial charge in [-0.25, -0.2) is 0 Å². The van der Waals surface area contributed by atoms with E-state index < -0.39 is 0 Å². The summed E-state index contributed by atoms with van der Waals surface area (Å²) in [5, 5.41) is 1.20. The van der Waals surface area contributed by atoms with E-state index in [9.17, 15) is 4.79 Å². The van der Waals surface area contributed by atoms with Crippen LogP contribution >= 0.6 is 11.6 Å². The molecule has 4 heteroatoms. The van der Waals surface area contributed by atoms with E-state index in [2.05, 4.69) is 9.97 Å². The first-order valence-electron chi connectivity index (χ1n) is 3.40. The Labute approximate surface area is 73.0 Å². The van der Waals surface area contributed by atoms with Crippen molar-refractivity contribution in [2.45, 2.75) is 0 Å². The lowest BCUT2D eigenvalue weighted by molar-refractivity contribution is 1.28. The molecule has 0 amide bonds. The van der Waals surface area contributed by atoms with Gasteiger partial charge in [-0.15, -0.1) is 0 Å². The Morgan fingerprint density at radius 2 is 2.33 bits per heavy atom. The maximum Gasteiger partial charge on any atom is 0.249 e. The highest BCUT2D eigenvalue weighted by atomic mass is 35.5. The van der Waals surface area contributed by atoms with Crippen LogP contribution in [0.5, 0.6) is 0 Å². The Kier molecular flexibility index (Phi) is 1.59. The van der Waals surface area contributed by atoms with Gasteiger partial charge in [-0.3, -0.25) is 9.78 Å². The number of aromatic nitrogens is 2. The summed E-state index contributed by atoms with van der Waals surface area (Å²) in [5.41, 5.74) is 0.515. The number of pyridine rings is 2. The highest BCUT2D eigenvalue weighted by molar-refractivity contribution is 6.35. The van der Waals surface area contributed by atoms with Crippen molar-refractivity contribution in [2.24, 2.45) is 0 Å². The van der Waals surface area contributed by atoms with Crippen LogP contribution in [-0.4, -0.2) is 9.97 Å². The molecule has 0 bridgehead atoms. The van der Waals surface area contributed by atoms with Crippen LogP contribution in [0.2, 0.25) is 5.02 Å². The van der Waals surface area contributed by atoms with Crippen LogP contribution in [0.3, 0.4) is 0 Å². The van der Waals surface area contributed by atoms with E-state index in [1.54, 1.807) is 18.5 Å². The molecule has 3 nitrogen and oxygen atoms in total. The molecule has 0 aromatic carbocycles. The van der Waals surface area contributed by atoms with Gasteiger partial charge < -0.3 is 4.98 Å². The molecular weight excluding hydrogens is 176 g/mol. The van der Waals surface area contributed by atoms with Gasteiger partial charge in [-0.2, -0.15) is 0 Å². The van der Waals surface area contributed by atoms with E-state index in [1.165, 1.54) is 6.07 Å². The first-order chi connectivity index (χ1) is 5.77. The minimum absolute atomic E-state index is 0.196. The molecule has 2 aromatic heterocycles. The molecule has 60 valence electrons. The Hall–Kier alpha value is -1.35. The maximum atomic E-state index is 10.9. The zero-order valence-corrected chi connectivity index (χ0v) is 6.80. The van der Waals surface area contributed by atoms with Gasteiger partial charge in [0, 0.05) is 23.8 Å². The second-order valence-electron chi connectivity index (χ2n) is 2.40. The highest BCUT2D eigenvalue weighted by Gasteiger charge is 1.98. The summed E-state index contributed by atoms with van der Waals surface area (Å²) in [6.07, 6.45) is 3.22. The van der Waals surface area contributed by atoms with Crippen LogP contribution in [0.15, 0.2) is 29.3 Å². The summed E-state index contributed by atoms with van der Waals surface area (Å²) in [5.74, 6) is 0. The quantitative estimate of drug-likeness (QED) is 0.669. The van der Waals surface area contributed by atoms with Gasteiger partial charge in [0.15, 0.2) is 0 Å². The van der Waals surface area contributed by atoms with Crippen molar-refractivity contribution in [3.63, 3.8) is 0 Å². The van der Waals surface area contributed by atoms with Gasteiger partial charge in [0.05, 0.1) is 10.5 Å². The van der Waals surface area contributed by atoms with Crippen molar-refractivity contribution in [3.8, 4) is 0 Å². The fourth-order valence-corrected chi connectivity index (χ4v) is 1.31. The number of aromatic amines is 1. The molecule has 12 heavy (non-hydrogen) atoms. The van der Waals surface area contributed by atoms with Crippen molar-refractivity contribution < 1.29 is 0 Å². The third kappa shape index (κ3) is 1.08. The maximum absolute atomic E-state index is 10.9. The first kappa shape index (κ1) is 7.31. The van der Waals surface area contributed by atoms with Crippen LogP contribution in [0.4, 0.5) is 0 Å². The fraction of sp³-hybridized carbons (Fsp3) is 0. The number of hydrogen-bond donors (Lipinski definition) is 1. The van der Waals surface area contributed by atoms with Gasteiger partial charge in [-0.05, 0) is 6.07 Å². The molecule has 0 spiro atoms. The number of nitrogens with one attached hydrogen (secondary N) is 1. The molecule has 2 heterocycles. The third-order valence-electron chi connectivity index (χ3n) is 1.59. The molecule has 0 unspecified atom stereocenters. The topological polar surface area (TPSA) is 45.8 Å². The Morgan fingerprint density at radius 1 is 1.50 bits per heavy atom. The molecule has 0 aliphatic heterocycles. The molecule has 2 rings (SSSR count). The minimum atomic E-state index is -0.196. The SMILES string of the molecule is O=c1cc(Cl)c2cnccc2[nH]1. The third-order valence-corrected chi connectivity index (χ3v) is 1.91. The summed E-state index contributed by atoms with van der Waals surface area (Å²) in [4.78, 5) is 17.5. The number of fused-ring (bicyclic) bond motifs is 1. The van der Waals surface area contributed by atoms with Crippen LogP contribution in [-0.2, 0) is 0 Å². The molecule has 0 saturated heterocycles. The van der Waals surface area contributed by atoms with Gasteiger partial charge in [-0.1, -0.05) is 11.6 Å². The summed E-state index contributed by atoms with van der Waals surface area (Å²) < 4.78 is 0. The molecule has 0 radical (unpaired) electrons. The van der Waals surface area contributed by atoms with E-state index in [0.717, 1.165) is 5.39 Å². The Balaban J connectivity index is 2.99. The average molecular weight is 181 g/mol. The van der Waals surface area contributed by atoms with Crippen molar-refractivity contribution >= 4 is 22.5 Å². The molecule has 0 aliphatic rings. The molecule has 1 N–H and O–H groups in total. The Morgan fingerprint density at radius 3 is 3.17 bits per heavy atom. The molecule has 0 aliphatic carbocycles. The molecule has 0 fully saturated rings. The molecular formula is C8H5ClN2O. The first-order valence-corrected chi connectivity index (χ1v) is 3.78. The summed E-state index contributed by atoms with van der Waals surface area (Å²) in [6, 6.07) is 3.05. The van der Waals surface area contributed by atoms with E-state index in [0.29, 0.717) is 10.5 Å². The molecule has 2 aromatic rings. The largest absolute Gasteiger partial charge is 0.322 e. The minimum Gasteiger partial charge on any atom is -0.322 e. The normalized spacial score (nSPS) is 10.4. The predicted octanol–water partition coefficient (Wildman–Crippen LogP) is 1.58. The smallest absolute Gasteiger partial charge is 0.249 e. The zero-order chi connectivity index (χ0) is 8.55. The van der Waals surface area contributed by atoms with Gasteiger partial charge in [0.25, 0.3) is 0 Å². The summed E-state index contributed by atoms with van der Waals surface area (Å²) >= 11 is 5.80. The number of H-pyrrole nitrogens is 1. The van der Waals surface area contributed by atoms with Gasteiger partial charge in [0.2, 0.25) is 5.56 Å². The monoisotopic (exact) mass is 180 g/mol. The van der Waals surface area contributed by atoms with E-state index in [4.69, 9.17) is 11.6 Å². The van der Waals surface area contributed by atoms with Gasteiger partial charge in [0.1, 0.15) is 0 Å². The lowest BCUT2D eigenvalue weighted by Gasteiger charge is -1.96. The van der Waals surface area contributed by atoms with Crippen LogP contribution in [0.1, 0.15) is 0 Å².